The van der Waals surface area contributed by atoms with Crippen molar-refractivity contribution in [3.05, 3.63) is 28.3 Å². The van der Waals surface area contributed by atoms with E-state index in [2.05, 4.69) is 10.1 Å². The van der Waals surface area contributed by atoms with Crippen LogP contribution in [-0.2, 0) is 15.7 Å². The molecule has 0 aromatic heterocycles. The van der Waals surface area contributed by atoms with Crippen molar-refractivity contribution in [3.63, 3.8) is 0 Å². The summed E-state index contributed by atoms with van der Waals surface area (Å²) in [6, 6.07) is 1.33. The SMILES string of the molecule is COC(=O)[C@H]1C[C@H](NC(=O)c2cc(Cl)c(C(F)(F)F)cc2N2CCCC(F)(F)CC2)C1. The fourth-order valence-corrected chi connectivity index (χ4v) is 4.16. The van der Waals surface area contributed by atoms with Crippen LogP contribution in [0.4, 0.5) is 27.6 Å². The molecule has 31 heavy (non-hydrogen) atoms. The molecule has 0 bridgehead atoms. The number of carbonyl (C=O) groups is 2. The quantitative estimate of drug-likeness (QED) is 0.515. The predicted molar refractivity (Wildman–Crippen MR) is 103 cm³/mol. The molecule has 0 radical (unpaired) electrons. The number of hydrogen-bond acceptors (Lipinski definition) is 4. The summed E-state index contributed by atoms with van der Waals surface area (Å²) in [5, 5.41) is 2.03. The zero-order chi connectivity index (χ0) is 23.0. The number of carbonyl (C=O) groups excluding carboxylic acids is 2. The number of anilines is 1. The Morgan fingerprint density at radius 2 is 1.87 bits per heavy atom. The number of alkyl halides is 5. The number of benzene rings is 1. The molecule has 2 fully saturated rings. The van der Waals surface area contributed by atoms with Gasteiger partial charge in [0.2, 0.25) is 5.92 Å². The number of rotatable bonds is 4. The average molecular weight is 469 g/mol. The number of esters is 1. The summed E-state index contributed by atoms with van der Waals surface area (Å²) < 4.78 is 72.3. The van der Waals surface area contributed by atoms with E-state index >= 15 is 0 Å². The number of ether oxygens (including phenoxy) is 1. The van der Waals surface area contributed by atoms with Gasteiger partial charge in [-0.25, -0.2) is 8.78 Å². The Morgan fingerprint density at radius 3 is 2.48 bits per heavy atom. The molecule has 0 unspecified atom stereocenters. The van der Waals surface area contributed by atoms with Crippen LogP contribution in [0.2, 0.25) is 5.02 Å². The molecule has 0 atom stereocenters. The van der Waals surface area contributed by atoms with Gasteiger partial charge in [-0.3, -0.25) is 9.59 Å². The molecule has 1 aliphatic carbocycles. The second-order valence-electron chi connectivity index (χ2n) is 7.91. The van der Waals surface area contributed by atoms with Crippen molar-refractivity contribution in [1.82, 2.24) is 5.32 Å². The molecule has 172 valence electrons. The fraction of sp³-hybridized carbons (Fsp3) is 0.600. The van der Waals surface area contributed by atoms with E-state index in [0.29, 0.717) is 12.8 Å². The zero-order valence-corrected chi connectivity index (χ0v) is 17.5. The molecule has 1 heterocycles. The Kier molecular flexibility index (Phi) is 6.69. The van der Waals surface area contributed by atoms with Crippen LogP contribution in [0.3, 0.4) is 0 Å². The number of amides is 1. The first-order valence-electron chi connectivity index (χ1n) is 9.83. The van der Waals surface area contributed by atoms with E-state index in [4.69, 9.17) is 11.6 Å². The van der Waals surface area contributed by atoms with Crippen molar-refractivity contribution >= 4 is 29.2 Å². The Balaban J connectivity index is 1.87. The molecule has 1 saturated carbocycles. The highest BCUT2D eigenvalue weighted by atomic mass is 35.5. The second-order valence-corrected chi connectivity index (χ2v) is 8.31. The topological polar surface area (TPSA) is 58.6 Å². The summed E-state index contributed by atoms with van der Waals surface area (Å²) >= 11 is 5.81. The Morgan fingerprint density at radius 1 is 1.19 bits per heavy atom. The van der Waals surface area contributed by atoms with Gasteiger partial charge in [0, 0.05) is 32.0 Å². The van der Waals surface area contributed by atoms with Crippen molar-refractivity contribution in [3.8, 4) is 0 Å². The molecule has 0 spiro atoms. The molecule has 1 aliphatic heterocycles. The minimum absolute atomic E-state index is 0.0709. The largest absolute Gasteiger partial charge is 0.469 e. The lowest BCUT2D eigenvalue weighted by atomic mass is 9.80. The molecular weight excluding hydrogens is 447 g/mol. The first-order chi connectivity index (χ1) is 14.4. The van der Waals surface area contributed by atoms with E-state index in [9.17, 15) is 31.5 Å². The third kappa shape index (κ3) is 5.39. The smallest absolute Gasteiger partial charge is 0.417 e. The van der Waals surface area contributed by atoms with Gasteiger partial charge >= 0.3 is 12.1 Å². The fourth-order valence-electron chi connectivity index (χ4n) is 3.89. The number of halogens is 6. The molecule has 1 aromatic rings. The van der Waals surface area contributed by atoms with Gasteiger partial charge in [-0.05, 0) is 31.4 Å². The van der Waals surface area contributed by atoms with E-state index in [1.54, 1.807) is 0 Å². The number of nitrogens with one attached hydrogen (secondary N) is 1. The maximum absolute atomic E-state index is 13.8. The minimum Gasteiger partial charge on any atom is -0.469 e. The van der Waals surface area contributed by atoms with Crippen molar-refractivity contribution < 1.29 is 36.3 Å². The lowest BCUT2D eigenvalue weighted by Gasteiger charge is -2.34. The third-order valence-electron chi connectivity index (χ3n) is 5.70. The second kappa shape index (κ2) is 8.80. The van der Waals surface area contributed by atoms with Crippen molar-refractivity contribution in [1.29, 1.82) is 0 Å². The highest BCUT2D eigenvalue weighted by Gasteiger charge is 2.39. The van der Waals surface area contributed by atoms with Gasteiger partial charge in [-0.1, -0.05) is 11.6 Å². The Bertz CT molecular complexity index is 856. The van der Waals surface area contributed by atoms with Crippen LogP contribution in [0.25, 0.3) is 0 Å². The monoisotopic (exact) mass is 468 g/mol. The molecule has 1 aromatic carbocycles. The normalized spacial score (nSPS) is 23.5. The maximum atomic E-state index is 13.8. The van der Waals surface area contributed by atoms with E-state index < -0.39 is 41.0 Å². The standard InChI is InChI=1S/C20H22ClF5N2O3/c1-31-18(30)11-7-12(8-11)27-17(29)13-9-15(21)14(20(24,25)26)10-16(13)28-5-2-3-19(22,23)4-6-28/h9-12H,2-8H2,1H3,(H,27,29)/t11-,12-. The molecule has 5 nitrogen and oxygen atoms in total. The van der Waals surface area contributed by atoms with Gasteiger partial charge in [0.15, 0.2) is 0 Å². The number of nitrogens with zero attached hydrogens (tertiary/aromatic N) is 1. The summed E-state index contributed by atoms with van der Waals surface area (Å²) in [5.41, 5.74) is -1.34. The summed E-state index contributed by atoms with van der Waals surface area (Å²) in [6.07, 6.45) is -4.90. The molecule has 3 rings (SSSR count). The van der Waals surface area contributed by atoms with Gasteiger partial charge in [0.1, 0.15) is 0 Å². The molecule has 11 heteroatoms. The third-order valence-corrected chi connectivity index (χ3v) is 6.01. The maximum Gasteiger partial charge on any atom is 0.417 e. The van der Waals surface area contributed by atoms with Gasteiger partial charge in [0.25, 0.3) is 5.91 Å². The summed E-state index contributed by atoms with van der Waals surface area (Å²) in [5.74, 6) is -4.33. The summed E-state index contributed by atoms with van der Waals surface area (Å²) in [6.45, 7) is -0.108. The van der Waals surface area contributed by atoms with Crippen molar-refractivity contribution in [2.75, 3.05) is 25.1 Å². The van der Waals surface area contributed by atoms with Crippen LogP contribution in [0.5, 0.6) is 0 Å². The summed E-state index contributed by atoms with van der Waals surface area (Å²) in [4.78, 5) is 25.7. The van der Waals surface area contributed by atoms with Crippen molar-refractivity contribution in [2.24, 2.45) is 5.92 Å². The van der Waals surface area contributed by atoms with Crippen LogP contribution in [0, 0.1) is 5.92 Å². The highest BCUT2D eigenvalue weighted by molar-refractivity contribution is 6.32. The zero-order valence-electron chi connectivity index (χ0n) is 16.7. The lowest BCUT2D eigenvalue weighted by Crippen LogP contribution is -2.47. The van der Waals surface area contributed by atoms with Gasteiger partial charge in [0.05, 0.1) is 34.9 Å². The minimum atomic E-state index is -4.77. The van der Waals surface area contributed by atoms with Gasteiger partial charge < -0.3 is 15.0 Å². The van der Waals surface area contributed by atoms with Crippen LogP contribution in [0.15, 0.2) is 12.1 Å². The van der Waals surface area contributed by atoms with E-state index in [1.165, 1.54) is 12.0 Å². The highest BCUT2D eigenvalue weighted by Crippen LogP contribution is 2.40. The molecule has 2 aliphatic rings. The number of methoxy groups -OCH3 is 1. The number of hydrogen-bond donors (Lipinski definition) is 1. The van der Waals surface area contributed by atoms with Crippen LogP contribution in [-0.4, -0.2) is 44.0 Å². The van der Waals surface area contributed by atoms with E-state index in [-0.39, 0.29) is 49.1 Å². The van der Waals surface area contributed by atoms with E-state index in [1.807, 2.05) is 0 Å². The molecule has 1 amide bonds. The van der Waals surface area contributed by atoms with Gasteiger partial charge in [-0.2, -0.15) is 13.2 Å². The lowest BCUT2D eigenvalue weighted by molar-refractivity contribution is -0.149. The first-order valence-corrected chi connectivity index (χ1v) is 10.2. The van der Waals surface area contributed by atoms with Crippen LogP contribution < -0.4 is 10.2 Å². The molecular formula is C20H22ClF5N2O3. The Labute approximate surface area is 180 Å². The molecule has 1 saturated heterocycles. The molecule has 1 N–H and O–H groups in total. The Hall–Kier alpha value is -2.10. The van der Waals surface area contributed by atoms with Crippen LogP contribution >= 0.6 is 11.6 Å². The predicted octanol–water partition coefficient (Wildman–Crippen LogP) is 4.67. The first kappa shape index (κ1) is 23.6. The van der Waals surface area contributed by atoms with E-state index in [0.717, 1.165) is 12.1 Å². The van der Waals surface area contributed by atoms with Gasteiger partial charge in [-0.15, -0.1) is 0 Å². The average Bonchev–Trinajstić information content (AvgIpc) is 2.82. The summed E-state index contributed by atoms with van der Waals surface area (Å²) in [7, 11) is 1.26. The van der Waals surface area contributed by atoms with Crippen LogP contribution in [0.1, 0.15) is 48.0 Å². The van der Waals surface area contributed by atoms with Crippen molar-refractivity contribution in [2.45, 2.75) is 50.2 Å².